The summed E-state index contributed by atoms with van der Waals surface area (Å²) >= 11 is 1.82. The summed E-state index contributed by atoms with van der Waals surface area (Å²) in [6, 6.07) is 0.280. The number of hydrogen-bond acceptors (Lipinski definition) is 2. The molecule has 1 aliphatic heterocycles. The van der Waals surface area contributed by atoms with Gasteiger partial charge in [0.2, 0.25) is 0 Å². The van der Waals surface area contributed by atoms with Crippen LogP contribution in [0.2, 0.25) is 0 Å². The maximum atomic E-state index is 11.8. The zero-order chi connectivity index (χ0) is 9.90. The van der Waals surface area contributed by atoms with Gasteiger partial charge in [0.1, 0.15) is 0 Å². The smallest absolute Gasteiger partial charge is 0.313 e. The molecule has 0 bridgehead atoms. The summed E-state index contributed by atoms with van der Waals surface area (Å²) in [6.07, 6.45) is -3.75. The minimum Gasteiger partial charge on any atom is -0.313 e. The quantitative estimate of drug-likeness (QED) is 0.772. The van der Waals surface area contributed by atoms with E-state index in [1.54, 1.807) is 0 Å². The SMILES string of the molecule is CC1CC(NCCC(F)(F)F)CS1. The molecule has 1 rings (SSSR count). The summed E-state index contributed by atoms with van der Waals surface area (Å²) in [7, 11) is 0. The van der Waals surface area contributed by atoms with E-state index < -0.39 is 12.6 Å². The van der Waals surface area contributed by atoms with Gasteiger partial charge < -0.3 is 5.32 Å². The first-order valence-corrected chi connectivity index (χ1v) is 5.44. The molecule has 0 aliphatic carbocycles. The van der Waals surface area contributed by atoms with E-state index in [-0.39, 0.29) is 12.6 Å². The molecule has 0 radical (unpaired) electrons. The molecule has 1 aliphatic rings. The van der Waals surface area contributed by atoms with Gasteiger partial charge >= 0.3 is 6.18 Å². The molecule has 1 nitrogen and oxygen atoms in total. The van der Waals surface area contributed by atoms with Crippen LogP contribution < -0.4 is 5.32 Å². The first-order chi connectivity index (χ1) is 5.97. The molecule has 13 heavy (non-hydrogen) atoms. The first-order valence-electron chi connectivity index (χ1n) is 4.39. The highest BCUT2D eigenvalue weighted by Gasteiger charge is 2.27. The molecule has 2 unspecified atom stereocenters. The fourth-order valence-electron chi connectivity index (χ4n) is 1.38. The largest absolute Gasteiger partial charge is 0.390 e. The Balaban J connectivity index is 2.07. The second-order valence-corrected chi connectivity index (χ2v) is 4.87. The van der Waals surface area contributed by atoms with Crippen LogP contribution in [0.15, 0.2) is 0 Å². The molecular formula is C8H14F3NS. The number of thioether (sulfide) groups is 1. The van der Waals surface area contributed by atoms with Crippen molar-refractivity contribution in [1.82, 2.24) is 5.32 Å². The Morgan fingerprint density at radius 1 is 1.46 bits per heavy atom. The second kappa shape index (κ2) is 4.55. The van der Waals surface area contributed by atoms with E-state index in [1.165, 1.54) is 0 Å². The molecule has 1 saturated heterocycles. The number of rotatable bonds is 3. The van der Waals surface area contributed by atoms with Crippen molar-refractivity contribution in [2.24, 2.45) is 0 Å². The molecule has 0 saturated carbocycles. The van der Waals surface area contributed by atoms with E-state index in [4.69, 9.17) is 0 Å². The summed E-state index contributed by atoms with van der Waals surface area (Å²) in [5.74, 6) is 0.943. The van der Waals surface area contributed by atoms with Gasteiger partial charge in [-0.05, 0) is 6.42 Å². The lowest BCUT2D eigenvalue weighted by atomic mass is 10.2. The Hall–Kier alpha value is 0.100. The van der Waals surface area contributed by atoms with Crippen molar-refractivity contribution < 1.29 is 13.2 Å². The highest BCUT2D eigenvalue weighted by atomic mass is 32.2. The van der Waals surface area contributed by atoms with Gasteiger partial charge in [-0.15, -0.1) is 0 Å². The third-order valence-electron chi connectivity index (χ3n) is 2.04. The molecule has 0 spiro atoms. The Morgan fingerprint density at radius 2 is 2.15 bits per heavy atom. The van der Waals surface area contributed by atoms with Crippen LogP contribution in [-0.4, -0.2) is 29.8 Å². The average molecular weight is 213 g/mol. The molecule has 0 amide bonds. The number of hydrogen-bond donors (Lipinski definition) is 1. The highest BCUT2D eigenvalue weighted by molar-refractivity contribution is 8.00. The summed E-state index contributed by atoms with van der Waals surface area (Å²) in [4.78, 5) is 0. The van der Waals surface area contributed by atoms with Crippen LogP contribution in [0.25, 0.3) is 0 Å². The molecule has 2 atom stereocenters. The molecule has 5 heteroatoms. The average Bonchev–Trinajstić information content (AvgIpc) is 2.33. The maximum absolute atomic E-state index is 11.8. The van der Waals surface area contributed by atoms with Crippen molar-refractivity contribution in [1.29, 1.82) is 0 Å². The molecular weight excluding hydrogens is 199 g/mol. The van der Waals surface area contributed by atoms with Crippen molar-refractivity contribution in [3.63, 3.8) is 0 Å². The molecule has 1 heterocycles. The molecule has 0 aromatic carbocycles. The van der Waals surface area contributed by atoms with E-state index in [1.807, 2.05) is 11.8 Å². The van der Waals surface area contributed by atoms with Gasteiger partial charge in [0.15, 0.2) is 0 Å². The van der Waals surface area contributed by atoms with E-state index in [0.29, 0.717) is 5.25 Å². The normalized spacial score (nSPS) is 29.5. The van der Waals surface area contributed by atoms with Crippen LogP contribution in [0.1, 0.15) is 19.8 Å². The van der Waals surface area contributed by atoms with Crippen LogP contribution in [0.5, 0.6) is 0 Å². The van der Waals surface area contributed by atoms with Crippen molar-refractivity contribution in [3.05, 3.63) is 0 Å². The zero-order valence-corrected chi connectivity index (χ0v) is 8.34. The fourth-order valence-corrected chi connectivity index (χ4v) is 2.56. The lowest BCUT2D eigenvalue weighted by Gasteiger charge is -2.12. The van der Waals surface area contributed by atoms with Crippen molar-refractivity contribution >= 4 is 11.8 Å². The zero-order valence-electron chi connectivity index (χ0n) is 7.53. The van der Waals surface area contributed by atoms with Gasteiger partial charge in [-0.2, -0.15) is 24.9 Å². The van der Waals surface area contributed by atoms with Crippen LogP contribution in [0, 0.1) is 0 Å². The Morgan fingerprint density at radius 3 is 2.62 bits per heavy atom. The van der Waals surface area contributed by atoms with Crippen molar-refractivity contribution in [3.8, 4) is 0 Å². The van der Waals surface area contributed by atoms with Gasteiger partial charge in [-0.1, -0.05) is 6.92 Å². The highest BCUT2D eigenvalue weighted by Crippen LogP contribution is 2.26. The van der Waals surface area contributed by atoms with E-state index in [2.05, 4.69) is 12.2 Å². The summed E-state index contributed by atoms with van der Waals surface area (Å²) in [5.41, 5.74) is 0. The predicted octanol–water partition coefficient (Wildman–Crippen LogP) is 2.42. The summed E-state index contributed by atoms with van der Waals surface area (Å²) in [6.45, 7) is 2.16. The van der Waals surface area contributed by atoms with Gasteiger partial charge in [-0.25, -0.2) is 0 Å². The Bertz CT molecular complexity index is 160. The minimum atomic E-state index is -4.02. The molecule has 0 aromatic heterocycles. The maximum Gasteiger partial charge on any atom is 0.390 e. The fraction of sp³-hybridized carbons (Fsp3) is 1.00. The monoisotopic (exact) mass is 213 g/mol. The number of nitrogens with one attached hydrogen (secondary N) is 1. The van der Waals surface area contributed by atoms with Crippen molar-refractivity contribution in [2.75, 3.05) is 12.3 Å². The van der Waals surface area contributed by atoms with E-state index >= 15 is 0 Å². The van der Waals surface area contributed by atoms with E-state index in [9.17, 15) is 13.2 Å². The first kappa shape index (κ1) is 11.2. The minimum absolute atomic E-state index is 0.0570. The van der Waals surface area contributed by atoms with Crippen molar-refractivity contribution in [2.45, 2.75) is 37.2 Å². The molecule has 0 aromatic rings. The summed E-state index contributed by atoms with van der Waals surface area (Å²) in [5, 5.41) is 3.51. The van der Waals surface area contributed by atoms with Crippen LogP contribution >= 0.6 is 11.8 Å². The third kappa shape index (κ3) is 4.76. The van der Waals surface area contributed by atoms with Gasteiger partial charge in [0, 0.05) is 23.6 Å². The van der Waals surface area contributed by atoms with Gasteiger partial charge in [0.05, 0.1) is 6.42 Å². The predicted molar refractivity (Wildman–Crippen MR) is 49.0 cm³/mol. The Kier molecular flexibility index (Phi) is 3.91. The topological polar surface area (TPSA) is 12.0 Å². The summed E-state index contributed by atoms with van der Waals surface area (Å²) < 4.78 is 35.3. The lowest BCUT2D eigenvalue weighted by Crippen LogP contribution is -2.32. The van der Waals surface area contributed by atoms with Gasteiger partial charge in [-0.3, -0.25) is 0 Å². The Labute approximate surface area is 80.5 Å². The van der Waals surface area contributed by atoms with Gasteiger partial charge in [0.25, 0.3) is 0 Å². The van der Waals surface area contributed by atoms with Crippen LogP contribution in [0.4, 0.5) is 13.2 Å². The number of halogens is 3. The molecule has 1 fully saturated rings. The second-order valence-electron chi connectivity index (χ2n) is 3.40. The standard InChI is InChI=1S/C8H14F3NS/c1-6-4-7(5-13-6)12-3-2-8(9,10)11/h6-7,12H,2-5H2,1H3. The number of alkyl halides is 3. The molecule has 1 N–H and O–H groups in total. The molecule has 78 valence electrons. The third-order valence-corrected chi connectivity index (χ3v) is 3.40. The van der Waals surface area contributed by atoms with Crippen LogP contribution in [0.3, 0.4) is 0 Å². The van der Waals surface area contributed by atoms with Crippen LogP contribution in [-0.2, 0) is 0 Å². The lowest BCUT2D eigenvalue weighted by molar-refractivity contribution is -0.133. The van der Waals surface area contributed by atoms with E-state index in [0.717, 1.165) is 12.2 Å².